The van der Waals surface area contributed by atoms with E-state index in [1.165, 1.54) is 10.5 Å². The normalized spacial score (nSPS) is 11.8. The van der Waals surface area contributed by atoms with Gasteiger partial charge in [0.15, 0.2) is 0 Å². The SMILES string of the molecule is CSc1ccc(C(C)(C)CN)cc1Br. The standard InChI is InChI=1S/C11H16BrNS/c1-11(2,7-13)8-4-5-10(14-3)9(12)6-8/h4-6H,7,13H2,1-3H3. The molecule has 0 saturated carbocycles. The quantitative estimate of drug-likeness (QED) is 0.855. The molecule has 0 radical (unpaired) electrons. The minimum absolute atomic E-state index is 0.0550. The maximum Gasteiger partial charge on any atom is 0.0314 e. The van der Waals surface area contributed by atoms with Crippen LogP contribution in [0, 0.1) is 0 Å². The molecule has 2 N–H and O–H groups in total. The van der Waals surface area contributed by atoms with Gasteiger partial charge in [0.2, 0.25) is 0 Å². The van der Waals surface area contributed by atoms with Gasteiger partial charge >= 0.3 is 0 Å². The molecule has 14 heavy (non-hydrogen) atoms. The topological polar surface area (TPSA) is 26.0 Å². The Labute approximate surface area is 98.6 Å². The van der Waals surface area contributed by atoms with Gasteiger partial charge in [-0.05, 0) is 39.9 Å². The number of nitrogens with two attached hydrogens (primary N) is 1. The number of rotatable bonds is 3. The van der Waals surface area contributed by atoms with E-state index in [1.807, 2.05) is 0 Å². The lowest BCUT2D eigenvalue weighted by atomic mass is 9.85. The van der Waals surface area contributed by atoms with Crippen LogP contribution in [0.5, 0.6) is 0 Å². The zero-order chi connectivity index (χ0) is 10.8. The van der Waals surface area contributed by atoms with Crippen LogP contribution in [0.1, 0.15) is 19.4 Å². The third-order valence-electron chi connectivity index (χ3n) is 2.44. The van der Waals surface area contributed by atoms with Gasteiger partial charge in [0.1, 0.15) is 0 Å². The number of hydrogen-bond donors (Lipinski definition) is 1. The first-order valence-corrected chi connectivity index (χ1v) is 6.57. The summed E-state index contributed by atoms with van der Waals surface area (Å²) < 4.78 is 1.16. The van der Waals surface area contributed by atoms with Gasteiger partial charge in [-0.3, -0.25) is 0 Å². The Morgan fingerprint density at radius 3 is 2.50 bits per heavy atom. The van der Waals surface area contributed by atoms with Crippen LogP contribution in [0.3, 0.4) is 0 Å². The summed E-state index contributed by atoms with van der Waals surface area (Å²) in [5.74, 6) is 0. The molecule has 0 aromatic heterocycles. The molecule has 78 valence electrons. The van der Waals surface area contributed by atoms with Gasteiger partial charge in [-0.2, -0.15) is 0 Å². The van der Waals surface area contributed by atoms with Crippen LogP contribution < -0.4 is 5.73 Å². The first-order chi connectivity index (χ1) is 6.51. The van der Waals surface area contributed by atoms with E-state index in [0.29, 0.717) is 6.54 Å². The Hall–Kier alpha value is 0.01000. The maximum absolute atomic E-state index is 5.74. The van der Waals surface area contributed by atoms with E-state index >= 15 is 0 Å². The van der Waals surface area contributed by atoms with Crippen molar-refractivity contribution in [3.63, 3.8) is 0 Å². The molecular formula is C11H16BrNS. The molecule has 0 atom stereocenters. The molecule has 1 aromatic rings. The van der Waals surface area contributed by atoms with Gasteiger partial charge in [-0.15, -0.1) is 11.8 Å². The molecule has 0 fully saturated rings. The molecule has 0 bridgehead atoms. The highest BCUT2D eigenvalue weighted by Gasteiger charge is 2.18. The molecule has 0 aliphatic rings. The minimum Gasteiger partial charge on any atom is -0.330 e. The molecule has 0 aliphatic heterocycles. The second kappa shape index (κ2) is 4.69. The summed E-state index contributed by atoms with van der Waals surface area (Å²) in [6.45, 7) is 4.99. The monoisotopic (exact) mass is 273 g/mol. The second-order valence-corrected chi connectivity index (χ2v) is 5.64. The molecule has 1 aromatic carbocycles. The maximum atomic E-state index is 5.74. The van der Waals surface area contributed by atoms with Crippen LogP contribution in [0.15, 0.2) is 27.6 Å². The van der Waals surface area contributed by atoms with Gasteiger partial charge in [0.05, 0.1) is 0 Å². The van der Waals surface area contributed by atoms with E-state index in [9.17, 15) is 0 Å². The minimum atomic E-state index is 0.0550. The third-order valence-corrected chi connectivity index (χ3v) is 4.16. The summed E-state index contributed by atoms with van der Waals surface area (Å²) in [5.41, 5.74) is 7.08. The number of halogens is 1. The highest BCUT2D eigenvalue weighted by molar-refractivity contribution is 9.10. The molecule has 3 heteroatoms. The van der Waals surface area contributed by atoms with Crippen LogP contribution in [0.4, 0.5) is 0 Å². The van der Waals surface area contributed by atoms with Crippen LogP contribution in [-0.2, 0) is 5.41 Å². The first-order valence-electron chi connectivity index (χ1n) is 4.55. The molecule has 0 unspecified atom stereocenters. The summed E-state index contributed by atoms with van der Waals surface area (Å²) in [7, 11) is 0. The molecule has 1 nitrogen and oxygen atoms in total. The summed E-state index contributed by atoms with van der Waals surface area (Å²) in [4.78, 5) is 1.27. The molecule has 0 saturated heterocycles. The molecular weight excluding hydrogens is 258 g/mol. The largest absolute Gasteiger partial charge is 0.330 e. The molecule has 0 amide bonds. The lowest BCUT2D eigenvalue weighted by molar-refractivity contribution is 0.538. The summed E-state index contributed by atoms with van der Waals surface area (Å²) in [5, 5.41) is 0. The van der Waals surface area contributed by atoms with E-state index < -0.39 is 0 Å². The van der Waals surface area contributed by atoms with Crippen molar-refractivity contribution in [2.45, 2.75) is 24.2 Å². The molecule has 0 spiro atoms. The number of benzene rings is 1. The molecule has 0 aliphatic carbocycles. The lowest BCUT2D eigenvalue weighted by Crippen LogP contribution is -2.27. The number of thioether (sulfide) groups is 1. The second-order valence-electron chi connectivity index (χ2n) is 3.94. The summed E-state index contributed by atoms with van der Waals surface area (Å²) >= 11 is 5.31. The van der Waals surface area contributed by atoms with Crippen molar-refractivity contribution in [1.82, 2.24) is 0 Å². The van der Waals surface area contributed by atoms with E-state index in [-0.39, 0.29) is 5.41 Å². The van der Waals surface area contributed by atoms with Crippen molar-refractivity contribution >= 4 is 27.7 Å². The van der Waals surface area contributed by atoms with Gasteiger partial charge in [0, 0.05) is 21.3 Å². The van der Waals surface area contributed by atoms with Crippen LogP contribution in [0.2, 0.25) is 0 Å². The predicted octanol–water partition coefficient (Wildman–Crippen LogP) is 3.41. The zero-order valence-electron chi connectivity index (χ0n) is 8.80. The van der Waals surface area contributed by atoms with Crippen molar-refractivity contribution in [3.05, 3.63) is 28.2 Å². The van der Waals surface area contributed by atoms with Crippen molar-refractivity contribution in [1.29, 1.82) is 0 Å². The van der Waals surface area contributed by atoms with Crippen molar-refractivity contribution in [2.75, 3.05) is 12.8 Å². The fraction of sp³-hybridized carbons (Fsp3) is 0.455. The fourth-order valence-electron chi connectivity index (χ4n) is 1.21. The Morgan fingerprint density at radius 1 is 1.43 bits per heavy atom. The van der Waals surface area contributed by atoms with Gasteiger partial charge in [0.25, 0.3) is 0 Å². The fourth-order valence-corrected chi connectivity index (χ4v) is 2.53. The van der Waals surface area contributed by atoms with Gasteiger partial charge in [-0.1, -0.05) is 19.9 Å². The Balaban J connectivity index is 3.08. The summed E-state index contributed by atoms with van der Waals surface area (Å²) in [6, 6.07) is 6.46. The van der Waals surface area contributed by atoms with Gasteiger partial charge in [-0.25, -0.2) is 0 Å². The van der Waals surface area contributed by atoms with Crippen molar-refractivity contribution in [2.24, 2.45) is 5.73 Å². The van der Waals surface area contributed by atoms with Crippen molar-refractivity contribution < 1.29 is 0 Å². The average molecular weight is 274 g/mol. The molecule has 1 rings (SSSR count). The highest BCUT2D eigenvalue weighted by atomic mass is 79.9. The van der Waals surface area contributed by atoms with E-state index in [2.05, 4.69) is 54.2 Å². The van der Waals surface area contributed by atoms with Gasteiger partial charge < -0.3 is 5.73 Å². The average Bonchev–Trinajstić information content (AvgIpc) is 2.17. The smallest absolute Gasteiger partial charge is 0.0314 e. The van der Waals surface area contributed by atoms with E-state index in [0.717, 1.165) is 4.47 Å². The number of hydrogen-bond acceptors (Lipinski definition) is 2. The van der Waals surface area contributed by atoms with Crippen LogP contribution >= 0.6 is 27.7 Å². The lowest BCUT2D eigenvalue weighted by Gasteiger charge is -2.23. The van der Waals surface area contributed by atoms with Crippen LogP contribution in [-0.4, -0.2) is 12.8 Å². The van der Waals surface area contributed by atoms with E-state index in [1.54, 1.807) is 11.8 Å². The Morgan fingerprint density at radius 2 is 2.07 bits per heavy atom. The van der Waals surface area contributed by atoms with Crippen LogP contribution in [0.25, 0.3) is 0 Å². The highest BCUT2D eigenvalue weighted by Crippen LogP contribution is 2.31. The zero-order valence-corrected chi connectivity index (χ0v) is 11.2. The van der Waals surface area contributed by atoms with Crippen molar-refractivity contribution in [3.8, 4) is 0 Å². The Bertz CT molecular complexity index is 323. The molecule has 0 heterocycles. The van der Waals surface area contributed by atoms with E-state index in [4.69, 9.17) is 5.73 Å². The first kappa shape index (κ1) is 12.1. The predicted molar refractivity (Wildman–Crippen MR) is 68.0 cm³/mol. The third kappa shape index (κ3) is 2.53. The Kier molecular flexibility index (Phi) is 4.04. The summed E-state index contributed by atoms with van der Waals surface area (Å²) in [6.07, 6.45) is 2.08.